The van der Waals surface area contributed by atoms with Gasteiger partial charge in [0.25, 0.3) is 11.8 Å². The number of nitrogens with zero attached hydrogens (tertiary/aromatic N) is 2. The molecule has 29 heavy (non-hydrogen) atoms. The van der Waals surface area contributed by atoms with E-state index in [-0.39, 0.29) is 18.7 Å². The lowest BCUT2D eigenvalue weighted by atomic mass is 9.98. The normalized spacial score (nSPS) is 25.3. The summed E-state index contributed by atoms with van der Waals surface area (Å²) in [6.07, 6.45) is 3.70. The Morgan fingerprint density at radius 3 is 2.69 bits per heavy atom. The number of rotatable bonds is 5. The van der Waals surface area contributed by atoms with Crippen molar-refractivity contribution in [1.29, 1.82) is 0 Å². The largest absolute Gasteiger partial charge is 0.318 e. The van der Waals surface area contributed by atoms with E-state index in [1.807, 2.05) is 13.1 Å². The molecule has 2 atom stereocenters. The van der Waals surface area contributed by atoms with Crippen molar-refractivity contribution >= 4 is 23.6 Å². The molecule has 8 nitrogen and oxygen atoms in total. The van der Waals surface area contributed by atoms with Crippen molar-refractivity contribution in [1.82, 2.24) is 20.4 Å². The SMILES string of the molecule is CNC[C@H]1CCCCN1Cc1cccc2c1C(=O)N(C1CCC(=O)NC1=O)C2=O. The summed E-state index contributed by atoms with van der Waals surface area (Å²) in [5, 5.41) is 5.47. The van der Waals surface area contributed by atoms with Crippen LogP contribution >= 0.6 is 0 Å². The lowest BCUT2D eigenvalue weighted by molar-refractivity contribution is -0.136. The zero-order valence-corrected chi connectivity index (χ0v) is 16.6. The number of fused-ring (bicyclic) bond motifs is 1. The molecule has 3 aliphatic heterocycles. The summed E-state index contributed by atoms with van der Waals surface area (Å²) >= 11 is 0. The molecule has 1 aromatic carbocycles. The molecule has 2 saturated heterocycles. The molecule has 1 aromatic rings. The highest BCUT2D eigenvalue weighted by Gasteiger charge is 2.45. The Labute approximate surface area is 169 Å². The Hall–Kier alpha value is -2.58. The molecule has 3 heterocycles. The average molecular weight is 398 g/mol. The number of amides is 4. The molecule has 0 spiro atoms. The molecule has 0 radical (unpaired) electrons. The Balaban J connectivity index is 1.61. The van der Waals surface area contributed by atoms with Gasteiger partial charge in [0.15, 0.2) is 0 Å². The molecule has 2 N–H and O–H groups in total. The molecule has 8 heteroatoms. The highest BCUT2D eigenvalue weighted by molar-refractivity contribution is 6.24. The second kappa shape index (κ2) is 8.04. The van der Waals surface area contributed by atoms with E-state index in [0.717, 1.165) is 36.4 Å². The van der Waals surface area contributed by atoms with Crippen LogP contribution < -0.4 is 10.6 Å². The zero-order chi connectivity index (χ0) is 20.5. The fourth-order valence-electron chi connectivity index (χ4n) is 4.67. The highest BCUT2D eigenvalue weighted by atomic mass is 16.2. The minimum absolute atomic E-state index is 0.121. The van der Waals surface area contributed by atoms with Gasteiger partial charge in [0.1, 0.15) is 6.04 Å². The second-order valence-electron chi connectivity index (χ2n) is 7.96. The van der Waals surface area contributed by atoms with E-state index in [9.17, 15) is 19.2 Å². The van der Waals surface area contributed by atoms with Crippen molar-refractivity contribution in [2.45, 2.75) is 50.7 Å². The van der Waals surface area contributed by atoms with Crippen LogP contribution in [0.4, 0.5) is 0 Å². The predicted octanol–water partition coefficient (Wildman–Crippen LogP) is 0.662. The van der Waals surface area contributed by atoms with Gasteiger partial charge in [-0.15, -0.1) is 0 Å². The number of likely N-dealkylation sites (N-methyl/N-ethyl adjacent to an activating group) is 1. The summed E-state index contributed by atoms with van der Waals surface area (Å²) in [5.41, 5.74) is 1.56. The number of piperidine rings is 2. The van der Waals surface area contributed by atoms with Gasteiger partial charge in [-0.1, -0.05) is 18.6 Å². The van der Waals surface area contributed by atoms with Crippen molar-refractivity contribution in [3.05, 3.63) is 34.9 Å². The fraction of sp³-hybridized carbons (Fsp3) is 0.524. The first-order valence-electron chi connectivity index (χ1n) is 10.2. The van der Waals surface area contributed by atoms with Gasteiger partial charge < -0.3 is 5.32 Å². The van der Waals surface area contributed by atoms with Crippen molar-refractivity contribution in [3.8, 4) is 0 Å². The number of carbonyl (C=O) groups is 4. The number of hydrogen-bond acceptors (Lipinski definition) is 6. The number of imide groups is 2. The molecule has 154 valence electrons. The molecule has 0 saturated carbocycles. The van der Waals surface area contributed by atoms with Crippen molar-refractivity contribution < 1.29 is 19.2 Å². The van der Waals surface area contributed by atoms with E-state index in [4.69, 9.17) is 0 Å². The molecular formula is C21H26N4O4. The van der Waals surface area contributed by atoms with Crippen LogP contribution in [0.25, 0.3) is 0 Å². The van der Waals surface area contributed by atoms with Crippen LogP contribution in [0.15, 0.2) is 18.2 Å². The van der Waals surface area contributed by atoms with E-state index < -0.39 is 23.8 Å². The summed E-state index contributed by atoms with van der Waals surface area (Å²) in [7, 11) is 1.94. The van der Waals surface area contributed by atoms with Crippen LogP contribution in [-0.4, -0.2) is 65.6 Å². The van der Waals surface area contributed by atoms with Gasteiger partial charge in [0, 0.05) is 25.6 Å². The predicted molar refractivity (Wildman–Crippen MR) is 105 cm³/mol. The minimum Gasteiger partial charge on any atom is -0.318 e. The van der Waals surface area contributed by atoms with Crippen LogP contribution in [0.3, 0.4) is 0 Å². The molecule has 0 aromatic heterocycles. The molecule has 0 bridgehead atoms. The quantitative estimate of drug-likeness (QED) is 0.707. The van der Waals surface area contributed by atoms with Crippen molar-refractivity contribution in [2.75, 3.05) is 20.1 Å². The number of hydrogen-bond donors (Lipinski definition) is 2. The molecule has 0 aliphatic carbocycles. The topological polar surface area (TPSA) is 98.8 Å². The third-order valence-corrected chi connectivity index (χ3v) is 6.12. The van der Waals surface area contributed by atoms with Gasteiger partial charge in [0.05, 0.1) is 11.1 Å². The molecule has 1 unspecified atom stereocenters. The summed E-state index contributed by atoms with van der Waals surface area (Å²) in [5.74, 6) is -1.84. The third-order valence-electron chi connectivity index (χ3n) is 6.12. The number of carbonyl (C=O) groups excluding carboxylic acids is 4. The van der Waals surface area contributed by atoms with Gasteiger partial charge in [-0.05, 0) is 44.5 Å². The number of likely N-dealkylation sites (tertiary alicyclic amines) is 1. The van der Waals surface area contributed by atoms with Crippen LogP contribution in [0.2, 0.25) is 0 Å². The Bertz CT molecular complexity index is 866. The maximum absolute atomic E-state index is 13.2. The van der Waals surface area contributed by atoms with Gasteiger partial charge in [-0.25, -0.2) is 0 Å². The first kappa shape index (κ1) is 19.7. The summed E-state index contributed by atoms with van der Waals surface area (Å²) in [4.78, 5) is 53.3. The maximum atomic E-state index is 13.2. The maximum Gasteiger partial charge on any atom is 0.262 e. The highest BCUT2D eigenvalue weighted by Crippen LogP contribution is 2.31. The van der Waals surface area contributed by atoms with Crippen molar-refractivity contribution in [3.63, 3.8) is 0 Å². The Kier molecular flexibility index (Phi) is 5.47. The van der Waals surface area contributed by atoms with Gasteiger partial charge in [-0.2, -0.15) is 0 Å². The fourth-order valence-corrected chi connectivity index (χ4v) is 4.67. The van der Waals surface area contributed by atoms with Gasteiger partial charge in [0.2, 0.25) is 11.8 Å². The molecule has 2 fully saturated rings. The van der Waals surface area contributed by atoms with Gasteiger partial charge >= 0.3 is 0 Å². The second-order valence-corrected chi connectivity index (χ2v) is 7.96. The zero-order valence-electron chi connectivity index (χ0n) is 16.6. The summed E-state index contributed by atoms with van der Waals surface area (Å²) in [6, 6.07) is 4.79. The number of benzene rings is 1. The van der Waals surface area contributed by atoms with E-state index in [1.54, 1.807) is 12.1 Å². The lowest BCUT2D eigenvalue weighted by Crippen LogP contribution is -2.54. The van der Waals surface area contributed by atoms with Crippen LogP contribution in [-0.2, 0) is 16.1 Å². The molecule has 3 aliphatic rings. The summed E-state index contributed by atoms with van der Waals surface area (Å²) < 4.78 is 0. The van der Waals surface area contributed by atoms with Crippen LogP contribution in [0.5, 0.6) is 0 Å². The van der Waals surface area contributed by atoms with E-state index in [1.165, 1.54) is 6.42 Å². The van der Waals surface area contributed by atoms with Crippen LogP contribution in [0.1, 0.15) is 58.4 Å². The van der Waals surface area contributed by atoms with E-state index >= 15 is 0 Å². The average Bonchev–Trinajstić information content (AvgIpc) is 2.95. The number of nitrogens with one attached hydrogen (secondary N) is 2. The smallest absolute Gasteiger partial charge is 0.262 e. The lowest BCUT2D eigenvalue weighted by Gasteiger charge is -2.36. The monoisotopic (exact) mass is 398 g/mol. The van der Waals surface area contributed by atoms with Crippen molar-refractivity contribution in [2.24, 2.45) is 0 Å². The first-order chi connectivity index (χ1) is 14.0. The van der Waals surface area contributed by atoms with E-state index in [0.29, 0.717) is 23.7 Å². The van der Waals surface area contributed by atoms with E-state index in [2.05, 4.69) is 15.5 Å². The Morgan fingerprint density at radius 2 is 1.93 bits per heavy atom. The summed E-state index contributed by atoms with van der Waals surface area (Å²) in [6.45, 7) is 2.43. The molecular weight excluding hydrogens is 372 g/mol. The molecule has 4 amide bonds. The molecule has 4 rings (SSSR count). The van der Waals surface area contributed by atoms with Gasteiger partial charge in [-0.3, -0.25) is 34.3 Å². The first-order valence-corrected chi connectivity index (χ1v) is 10.2. The standard InChI is InChI=1S/C21H26N4O4/c1-22-11-14-6-2-3-10-24(14)12-13-5-4-7-15-18(13)21(29)25(20(15)28)16-8-9-17(26)23-19(16)27/h4-5,7,14,16,22H,2-3,6,8-12H2,1H3,(H,23,26,27)/t14-,16?/m1/s1. The van der Waals surface area contributed by atoms with Crippen LogP contribution in [0, 0.1) is 0 Å². The minimum atomic E-state index is -0.931. The Morgan fingerprint density at radius 1 is 1.10 bits per heavy atom. The third kappa shape index (κ3) is 3.58.